The molecule has 2 aromatic rings. The minimum Gasteiger partial charge on any atom is -0.316 e. The molecule has 1 fully saturated rings. The third kappa shape index (κ3) is 3.72. The maximum absolute atomic E-state index is 4.37. The molecule has 2 aromatic heterocycles. The van der Waals surface area contributed by atoms with Crippen LogP contribution in [0.25, 0.3) is 0 Å². The summed E-state index contributed by atoms with van der Waals surface area (Å²) in [6.45, 7) is 7.44. The van der Waals surface area contributed by atoms with E-state index in [9.17, 15) is 0 Å². The molecule has 0 radical (unpaired) electrons. The second-order valence-corrected chi connectivity index (χ2v) is 6.27. The van der Waals surface area contributed by atoms with Crippen molar-refractivity contribution in [2.45, 2.75) is 26.4 Å². The van der Waals surface area contributed by atoms with E-state index in [1.54, 1.807) is 0 Å². The van der Waals surface area contributed by atoms with Gasteiger partial charge in [-0.05, 0) is 44.0 Å². The lowest BCUT2D eigenvalue weighted by atomic mass is 10.1. The molecule has 0 spiro atoms. The molecule has 0 unspecified atom stereocenters. The number of hydrogen-bond donors (Lipinski definition) is 1. The molecule has 0 aliphatic carbocycles. The molecule has 22 heavy (non-hydrogen) atoms. The van der Waals surface area contributed by atoms with Crippen LogP contribution in [0.3, 0.4) is 0 Å². The van der Waals surface area contributed by atoms with E-state index in [2.05, 4.69) is 33.3 Å². The lowest BCUT2D eigenvalue weighted by molar-refractivity contribution is 0.220. The molecule has 118 valence electrons. The van der Waals surface area contributed by atoms with Crippen LogP contribution in [0, 0.1) is 12.8 Å². The Bertz CT molecular complexity index is 586. The van der Waals surface area contributed by atoms with Gasteiger partial charge < -0.3 is 5.32 Å². The van der Waals surface area contributed by atoms with Gasteiger partial charge in [-0.2, -0.15) is 5.10 Å². The third-order valence-corrected chi connectivity index (χ3v) is 4.54. The molecule has 0 amide bonds. The van der Waals surface area contributed by atoms with Gasteiger partial charge in [0.25, 0.3) is 0 Å². The number of hydrogen-bond acceptors (Lipinski definition) is 4. The number of nitrogens with zero attached hydrogens (tertiary/aromatic N) is 4. The zero-order chi connectivity index (χ0) is 15.4. The van der Waals surface area contributed by atoms with Gasteiger partial charge in [-0.25, -0.2) is 0 Å². The standard InChI is InChI=1S/C17H25N5/c1-14-17(10-20-21(14)2)13-22(12-16-5-7-19-9-16)11-15-4-3-6-18-8-15/h3-4,6,8,10,16,19H,5,7,9,11-13H2,1-2H3/t16-/m0/s1. The molecule has 1 aliphatic heterocycles. The summed E-state index contributed by atoms with van der Waals surface area (Å²) in [7, 11) is 2.01. The number of rotatable bonds is 6. The van der Waals surface area contributed by atoms with Gasteiger partial charge in [-0.1, -0.05) is 6.07 Å². The first-order valence-electron chi connectivity index (χ1n) is 8.02. The van der Waals surface area contributed by atoms with Crippen LogP contribution >= 0.6 is 0 Å². The highest BCUT2D eigenvalue weighted by Gasteiger charge is 2.19. The molecule has 1 atom stereocenters. The van der Waals surface area contributed by atoms with Crippen LogP contribution < -0.4 is 5.32 Å². The Hall–Kier alpha value is -1.72. The van der Waals surface area contributed by atoms with Crippen LogP contribution in [0.4, 0.5) is 0 Å². The largest absolute Gasteiger partial charge is 0.316 e. The second-order valence-electron chi connectivity index (χ2n) is 6.27. The van der Waals surface area contributed by atoms with Crippen molar-refractivity contribution >= 4 is 0 Å². The predicted octanol–water partition coefficient (Wildman–Crippen LogP) is 1.74. The van der Waals surface area contributed by atoms with Crippen molar-refractivity contribution in [2.24, 2.45) is 13.0 Å². The Morgan fingerprint density at radius 2 is 2.27 bits per heavy atom. The molecule has 3 heterocycles. The summed E-state index contributed by atoms with van der Waals surface area (Å²) in [6.07, 6.45) is 7.07. The quantitative estimate of drug-likeness (QED) is 0.882. The van der Waals surface area contributed by atoms with Crippen LogP contribution in [0.5, 0.6) is 0 Å². The Morgan fingerprint density at radius 1 is 1.36 bits per heavy atom. The fourth-order valence-electron chi connectivity index (χ4n) is 3.11. The van der Waals surface area contributed by atoms with E-state index in [1.807, 2.05) is 36.4 Å². The first-order valence-corrected chi connectivity index (χ1v) is 8.02. The second kappa shape index (κ2) is 7.03. The van der Waals surface area contributed by atoms with Crippen LogP contribution in [-0.2, 0) is 20.1 Å². The monoisotopic (exact) mass is 299 g/mol. The van der Waals surface area contributed by atoms with Crippen molar-refractivity contribution < 1.29 is 0 Å². The number of aromatic nitrogens is 3. The molecule has 3 rings (SSSR count). The normalized spacial score (nSPS) is 18.2. The summed E-state index contributed by atoms with van der Waals surface area (Å²) in [5.74, 6) is 0.744. The Labute approximate surface area is 132 Å². The highest BCUT2D eigenvalue weighted by Crippen LogP contribution is 2.17. The first kappa shape index (κ1) is 15.2. The lowest BCUT2D eigenvalue weighted by Gasteiger charge is -2.25. The molecule has 0 aromatic carbocycles. The van der Waals surface area contributed by atoms with Crippen molar-refractivity contribution in [1.82, 2.24) is 25.0 Å². The first-order chi connectivity index (χ1) is 10.7. The van der Waals surface area contributed by atoms with Gasteiger partial charge >= 0.3 is 0 Å². The number of nitrogens with one attached hydrogen (secondary N) is 1. The topological polar surface area (TPSA) is 46.0 Å². The Balaban J connectivity index is 1.71. The smallest absolute Gasteiger partial charge is 0.0537 e. The van der Waals surface area contributed by atoms with Crippen molar-refractivity contribution in [3.63, 3.8) is 0 Å². The average molecular weight is 299 g/mol. The zero-order valence-corrected chi connectivity index (χ0v) is 13.5. The fourth-order valence-corrected chi connectivity index (χ4v) is 3.11. The van der Waals surface area contributed by atoms with E-state index in [4.69, 9.17) is 0 Å². The van der Waals surface area contributed by atoms with Gasteiger partial charge in [0.1, 0.15) is 0 Å². The van der Waals surface area contributed by atoms with Crippen molar-refractivity contribution in [3.05, 3.63) is 47.5 Å². The van der Waals surface area contributed by atoms with Crippen molar-refractivity contribution in [2.75, 3.05) is 19.6 Å². The molecule has 5 nitrogen and oxygen atoms in total. The molecule has 1 saturated heterocycles. The van der Waals surface area contributed by atoms with Gasteiger partial charge in [0.05, 0.1) is 6.20 Å². The number of aryl methyl sites for hydroxylation is 1. The van der Waals surface area contributed by atoms with Crippen molar-refractivity contribution in [3.8, 4) is 0 Å². The fraction of sp³-hybridized carbons (Fsp3) is 0.529. The maximum Gasteiger partial charge on any atom is 0.0537 e. The molecular formula is C17H25N5. The van der Waals surface area contributed by atoms with Crippen LogP contribution in [0.15, 0.2) is 30.7 Å². The average Bonchev–Trinajstić information content (AvgIpc) is 3.14. The van der Waals surface area contributed by atoms with Gasteiger partial charge in [-0.15, -0.1) is 0 Å². The zero-order valence-electron chi connectivity index (χ0n) is 13.5. The van der Waals surface area contributed by atoms with E-state index in [1.165, 1.54) is 23.2 Å². The van der Waals surface area contributed by atoms with E-state index in [-0.39, 0.29) is 0 Å². The van der Waals surface area contributed by atoms with E-state index >= 15 is 0 Å². The summed E-state index contributed by atoms with van der Waals surface area (Å²) in [5, 5.41) is 7.84. The van der Waals surface area contributed by atoms with Crippen molar-refractivity contribution in [1.29, 1.82) is 0 Å². The summed E-state index contributed by atoms with van der Waals surface area (Å²) in [6, 6.07) is 4.17. The minimum atomic E-state index is 0.744. The Kier molecular flexibility index (Phi) is 4.85. The molecule has 0 saturated carbocycles. The predicted molar refractivity (Wildman–Crippen MR) is 87.3 cm³/mol. The number of pyridine rings is 1. The maximum atomic E-state index is 4.37. The van der Waals surface area contributed by atoms with Crippen LogP contribution in [0.2, 0.25) is 0 Å². The van der Waals surface area contributed by atoms with E-state index in [0.717, 1.165) is 38.6 Å². The van der Waals surface area contributed by atoms with Gasteiger partial charge in [0.15, 0.2) is 0 Å². The summed E-state index contributed by atoms with van der Waals surface area (Å²) in [5.41, 5.74) is 3.84. The van der Waals surface area contributed by atoms with E-state index in [0.29, 0.717) is 0 Å². The minimum absolute atomic E-state index is 0.744. The van der Waals surface area contributed by atoms with Crippen LogP contribution in [0.1, 0.15) is 23.2 Å². The highest BCUT2D eigenvalue weighted by atomic mass is 15.3. The lowest BCUT2D eigenvalue weighted by Crippen LogP contribution is -2.30. The van der Waals surface area contributed by atoms with Crippen LogP contribution in [-0.4, -0.2) is 39.3 Å². The van der Waals surface area contributed by atoms with E-state index < -0.39 is 0 Å². The van der Waals surface area contributed by atoms with Gasteiger partial charge in [0, 0.05) is 50.3 Å². The third-order valence-electron chi connectivity index (χ3n) is 4.54. The van der Waals surface area contributed by atoms with Gasteiger partial charge in [0.2, 0.25) is 0 Å². The summed E-state index contributed by atoms with van der Waals surface area (Å²) >= 11 is 0. The molecule has 1 aliphatic rings. The summed E-state index contributed by atoms with van der Waals surface area (Å²) in [4.78, 5) is 6.77. The SMILES string of the molecule is Cc1c(CN(Cc2cccnc2)C[C@H]2CCNC2)cnn1C. The molecule has 5 heteroatoms. The van der Waals surface area contributed by atoms with Gasteiger partial charge in [-0.3, -0.25) is 14.6 Å². The molecule has 0 bridgehead atoms. The Morgan fingerprint density at radius 3 is 2.91 bits per heavy atom. The summed E-state index contributed by atoms with van der Waals surface area (Å²) < 4.78 is 1.95. The molecular weight excluding hydrogens is 274 g/mol. The highest BCUT2D eigenvalue weighted by molar-refractivity contribution is 5.16. The molecule has 1 N–H and O–H groups in total.